The van der Waals surface area contributed by atoms with Gasteiger partial charge < -0.3 is 24.4 Å². The molecule has 13 nitrogen and oxygen atoms in total. The Hall–Kier alpha value is -4.34. The van der Waals surface area contributed by atoms with Crippen LogP contribution in [0.15, 0.2) is 24.0 Å². The van der Waals surface area contributed by atoms with Crippen LogP contribution in [0, 0.1) is 11.3 Å². The highest BCUT2D eigenvalue weighted by atomic mass is 16.5. The fourth-order valence-corrected chi connectivity index (χ4v) is 5.04. The summed E-state index contributed by atoms with van der Waals surface area (Å²) >= 11 is 0. The van der Waals surface area contributed by atoms with Crippen LogP contribution < -0.4 is 15.5 Å². The summed E-state index contributed by atoms with van der Waals surface area (Å²) in [4.78, 5) is 48.8. The lowest BCUT2D eigenvalue weighted by Gasteiger charge is -2.31. The average molecular weight is 548 g/mol. The van der Waals surface area contributed by atoms with Crippen LogP contribution in [0.1, 0.15) is 33.6 Å². The van der Waals surface area contributed by atoms with Crippen molar-refractivity contribution >= 4 is 35.6 Å². The Morgan fingerprint density at radius 3 is 2.95 bits per heavy atom. The van der Waals surface area contributed by atoms with E-state index >= 15 is 0 Å². The van der Waals surface area contributed by atoms with Crippen molar-refractivity contribution < 1.29 is 28.6 Å². The number of rotatable bonds is 7. The largest absolute Gasteiger partial charge is 0.377 e. The number of nitriles is 1. The van der Waals surface area contributed by atoms with Gasteiger partial charge in [-0.1, -0.05) is 0 Å². The van der Waals surface area contributed by atoms with E-state index in [1.165, 1.54) is 11.1 Å². The number of nitrogens with one attached hydrogen (secondary N) is 2. The predicted octanol–water partition coefficient (Wildman–Crippen LogP) is 1.52. The first-order valence-corrected chi connectivity index (χ1v) is 12.9. The number of ether oxygens (including phenoxy) is 3. The summed E-state index contributed by atoms with van der Waals surface area (Å²) in [5, 5.41) is 15.6. The lowest BCUT2D eigenvalue weighted by Crippen LogP contribution is -2.40. The second-order valence-corrected chi connectivity index (χ2v) is 9.63. The number of aromatic nitrogens is 2. The molecule has 2 amide bonds. The number of aldehydes is 1. The van der Waals surface area contributed by atoms with Crippen LogP contribution in [0.4, 0.5) is 22.1 Å². The third-order valence-corrected chi connectivity index (χ3v) is 7.17. The van der Waals surface area contributed by atoms with Gasteiger partial charge in [0.1, 0.15) is 41.1 Å². The van der Waals surface area contributed by atoms with Crippen LogP contribution >= 0.6 is 0 Å². The number of urea groups is 1. The van der Waals surface area contributed by atoms with E-state index in [0.29, 0.717) is 86.9 Å². The van der Waals surface area contributed by atoms with Crippen molar-refractivity contribution in [3.8, 4) is 6.07 Å². The Morgan fingerprint density at radius 2 is 2.17 bits per heavy atom. The van der Waals surface area contributed by atoms with Gasteiger partial charge in [-0.05, 0) is 24.5 Å². The lowest BCUT2D eigenvalue weighted by molar-refractivity contribution is 0.0718. The third kappa shape index (κ3) is 5.66. The van der Waals surface area contributed by atoms with E-state index in [4.69, 9.17) is 14.2 Å². The summed E-state index contributed by atoms with van der Waals surface area (Å²) in [5.41, 5.74) is 2.91. The molecule has 3 aliphatic heterocycles. The fourth-order valence-electron chi connectivity index (χ4n) is 5.04. The highest BCUT2D eigenvalue weighted by molar-refractivity contribution is 6.01. The molecule has 40 heavy (non-hydrogen) atoms. The molecule has 0 saturated carbocycles. The normalized spacial score (nSPS) is 20.4. The molecule has 2 aromatic rings. The minimum Gasteiger partial charge on any atom is -0.377 e. The number of anilines is 3. The SMILES string of the molecule is CO[C@@H]1COC[C@H]1Nc1cc(NC(=O)N2CCCc3cc(CN4CCOCC4=C=O)c(C=O)nc32)ncc1C#N. The Bertz CT molecular complexity index is 1390. The van der Waals surface area contributed by atoms with E-state index in [0.717, 1.165) is 5.56 Å². The van der Waals surface area contributed by atoms with Gasteiger partial charge >= 0.3 is 6.03 Å². The molecule has 0 unspecified atom stereocenters. The van der Waals surface area contributed by atoms with Gasteiger partial charge in [-0.3, -0.25) is 15.0 Å². The van der Waals surface area contributed by atoms with Gasteiger partial charge in [0.05, 0.1) is 43.7 Å². The summed E-state index contributed by atoms with van der Waals surface area (Å²) in [6.07, 6.45) is 3.26. The maximum Gasteiger partial charge on any atom is 0.328 e. The van der Waals surface area contributed by atoms with Crippen molar-refractivity contribution in [2.24, 2.45) is 0 Å². The van der Waals surface area contributed by atoms with Crippen LogP contribution in [0.25, 0.3) is 0 Å². The number of fused-ring (bicyclic) bond motifs is 1. The summed E-state index contributed by atoms with van der Waals surface area (Å²) in [6, 6.07) is 4.96. The van der Waals surface area contributed by atoms with Crippen molar-refractivity contribution in [3.05, 3.63) is 46.4 Å². The summed E-state index contributed by atoms with van der Waals surface area (Å²) in [5.74, 6) is 2.57. The molecule has 2 N–H and O–H groups in total. The first-order chi connectivity index (χ1) is 19.5. The van der Waals surface area contributed by atoms with Crippen LogP contribution in [-0.2, 0) is 32.0 Å². The molecule has 208 valence electrons. The highest BCUT2D eigenvalue weighted by Gasteiger charge is 2.30. The van der Waals surface area contributed by atoms with Gasteiger partial charge in [0.2, 0.25) is 0 Å². The van der Waals surface area contributed by atoms with Crippen molar-refractivity contribution in [1.29, 1.82) is 5.26 Å². The van der Waals surface area contributed by atoms with E-state index in [2.05, 4.69) is 26.7 Å². The molecular formula is C27H29N7O6. The quantitative estimate of drug-likeness (QED) is 0.382. The van der Waals surface area contributed by atoms with Gasteiger partial charge in [-0.25, -0.2) is 19.6 Å². The number of carbonyl (C=O) groups is 2. The monoisotopic (exact) mass is 547 g/mol. The number of pyridine rings is 2. The van der Waals surface area contributed by atoms with E-state index in [1.807, 2.05) is 16.9 Å². The van der Waals surface area contributed by atoms with Crippen molar-refractivity contribution in [2.75, 3.05) is 62.2 Å². The lowest BCUT2D eigenvalue weighted by atomic mass is 10.0. The van der Waals surface area contributed by atoms with Gasteiger partial charge in [0, 0.05) is 44.6 Å². The minimum atomic E-state index is -0.459. The molecule has 0 aliphatic carbocycles. The maximum absolute atomic E-state index is 13.4. The van der Waals surface area contributed by atoms with Crippen LogP contribution in [0.3, 0.4) is 0 Å². The third-order valence-electron chi connectivity index (χ3n) is 7.17. The average Bonchev–Trinajstić information content (AvgIpc) is 3.44. The van der Waals surface area contributed by atoms with Crippen molar-refractivity contribution in [3.63, 3.8) is 0 Å². The molecule has 0 bridgehead atoms. The fraction of sp³-hybridized carbons (Fsp3) is 0.444. The zero-order chi connectivity index (χ0) is 28.1. The van der Waals surface area contributed by atoms with E-state index in [9.17, 15) is 19.6 Å². The maximum atomic E-state index is 13.4. The minimum absolute atomic E-state index is 0.159. The number of morpholine rings is 1. The standard InChI is InChI=1S/C27H29N7O6/c1-38-24-16-40-15-23(24)30-21-8-25(29-10-19(21)9-28)32-27(37)34-4-2-3-17-7-18(22(13-36)31-26(17)34)11-33-5-6-39-14-20(33)12-35/h7-8,10,13,23-24H,2-6,11,14-16H2,1H3,(H2,29,30,32,37)/t23-,24-/m1/s1. The van der Waals surface area contributed by atoms with Crippen LogP contribution in [0.2, 0.25) is 0 Å². The Balaban J connectivity index is 1.35. The summed E-state index contributed by atoms with van der Waals surface area (Å²) < 4.78 is 16.2. The number of hydrogen-bond donors (Lipinski definition) is 2. The van der Waals surface area contributed by atoms with Gasteiger partial charge in [-0.15, -0.1) is 0 Å². The highest BCUT2D eigenvalue weighted by Crippen LogP contribution is 2.29. The molecule has 0 spiro atoms. The zero-order valence-electron chi connectivity index (χ0n) is 22.0. The molecule has 3 aliphatic rings. The topological polar surface area (TPSA) is 159 Å². The van der Waals surface area contributed by atoms with Crippen LogP contribution in [0.5, 0.6) is 0 Å². The van der Waals surface area contributed by atoms with E-state index < -0.39 is 6.03 Å². The Kier molecular flexibility index (Phi) is 8.33. The Labute approximate surface area is 230 Å². The molecule has 2 atom stereocenters. The van der Waals surface area contributed by atoms with E-state index in [1.54, 1.807) is 13.2 Å². The van der Waals surface area contributed by atoms with Crippen molar-refractivity contribution in [1.82, 2.24) is 14.9 Å². The smallest absolute Gasteiger partial charge is 0.328 e. The second kappa shape index (κ2) is 12.2. The molecule has 0 radical (unpaired) electrons. The molecular weight excluding hydrogens is 518 g/mol. The number of hydrogen-bond acceptors (Lipinski definition) is 11. The number of carbonyl (C=O) groups excluding carboxylic acids is 3. The first-order valence-electron chi connectivity index (χ1n) is 12.9. The molecule has 2 saturated heterocycles. The molecule has 13 heteroatoms. The van der Waals surface area contributed by atoms with Gasteiger partial charge in [0.25, 0.3) is 0 Å². The molecule has 2 fully saturated rings. The van der Waals surface area contributed by atoms with Gasteiger partial charge in [-0.2, -0.15) is 5.26 Å². The molecule has 5 rings (SSSR count). The zero-order valence-corrected chi connectivity index (χ0v) is 22.0. The second-order valence-electron chi connectivity index (χ2n) is 9.63. The first kappa shape index (κ1) is 27.2. The number of amides is 2. The Morgan fingerprint density at radius 1 is 1.30 bits per heavy atom. The molecule has 5 heterocycles. The number of methoxy groups -OCH3 is 1. The van der Waals surface area contributed by atoms with Gasteiger partial charge in [0.15, 0.2) is 6.29 Å². The molecule has 2 aromatic heterocycles. The molecule has 0 aromatic carbocycles. The summed E-state index contributed by atoms with van der Waals surface area (Å²) in [7, 11) is 1.60. The number of aryl methyl sites for hydroxylation is 1. The predicted molar refractivity (Wildman–Crippen MR) is 143 cm³/mol. The van der Waals surface area contributed by atoms with E-state index in [-0.39, 0.29) is 30.3 Å². The van der Waals surface area contributed by atoms with Crippen LogP contribution in [-0.4, -0.2) is 91.9 Å². The van der Waals surface area contributed by atoms with Crippen molar-refractivity contribution in [2.45, 2.75) is 31.5 Å². The number of nitrogens with zero attached hydrogens (tertiary/aromatic N) is 5. The summed E-state index contributed by atoms with van der Waals surface area (Å²) in [6.45, 7) is 2.73.